The van der Waals surface area contributed by atoms with Gasteiger partial charge in [0.25, 0.3) is 5.91 Å². The molecule has 0 saturated heterocycles. The van der Waals surface area contributed by atoms with Crippen LogP contribution in [0.5, 0.6) is 0 Å². The molecule has 2 aromatic carbocycles. The first-order valence-corrected chi connectivity index (χ1v) is 6.68. The van der Waals surface area contributed by atoms with Gasteiger partial charge in [0.05, 0.1) is 11.3 Å². The predicted molar refractivity (Wildman–Crippen MR) is 82.3 cm³/mol. The van der Waals surface area contributed by atoms with Gasteiger partial charge in [-0.1, -0.05) is 29.8 Å². The molecule has 0 saturated carbocycles. The van der Waals surface area contributed by atoms with Crippen molar-refractivity contribution in [1.82, 2.24) is 0 Å². The third kappa shape index (κ3) is 3.23. The molecule has 0 aromatic heterocycles. The third-order valence-corrected chi connectivity index (χ3v) is 3.58. The van der Waals surface area contributed by atoms with Crippen molar-refractivity contribution in [1.29, 1.82) is 0 Å². The Morgan fingerprint density at radius 1 is 1.10 bits per heavy atom. The number of hydrogen-bond acceptors (Lipinski definition) is 2. The Morgan fingerprint density at radius 3 is 2.43 bits per heavy atom. The van der Waals surface area contributed by atoms with Gasteiger partial charge in [-0.3, -0.25) is 4.79 Å². The predicted octanol–water partition coefficient (Wildman–Crippen LogP) is 3.91. The average Bonchev–Trinajstić information content (AvgIpc) is 2.43. The molecule has 0 radical (unpaired) electrons. The molecule has 0 bridgehead atoms. The highest BCUT2D eigenvalue weighted by molar-refractivity contribution is 6.31. The van der Waals surface area contributed by atoms with E-state index in [1.54, 1.807) is 37.3 Å². The Bertz CT molecular complexity index is 725. The standard InChI is InChI=1S/C16H14ClNO3/c1-9-6-7-11(8-13(9)17)15(19)18-14-10(2)4-3-5-12(14)16(20)21/h3-8H,1-2H3,(H,18,19)(H,20,21). The van der Waals surface area contributed by atoms with E-state index in [9.17, 15) is 14.7 Å². The van der Waals surface area contributed by atoms with Gasteiger partial charge in [-0.05, 0) is 43.2 Å². The molecule has 0 atom stereocenters. The van der Waals surface area contributed by atoms with Crippen molar-refractivity contribution in [2.24, 2.45) is 0 Å². The minimum absolute atomic E-state index is 0.0570. The van der Waals surface area contributed by atoms with Crippen molar-refractivity contribution in [3.8, 4) is 0 Å². The molecule has 108 valence electrons. The van der Waals surface area contributed by atoms with Gasteiger partial charge in [-0.25, -0.2) is 4.79 Å². The summed E-state index contributed by atoms with van der Waals surface area (Å²) in [7, 11) is 0. The minimum Gasteiger partial charge on any atom is -0.478 e. The summed E-state index contributed by atoms with van der Waals surface area (Å²) in [6, 6.07) is 9.78. The Hall–Kier alpha value is -2.33. The number of amides is 1. The van der Waals surface area contributed by atoms with E-state index >= 15 is 0 Å². The number of anilines is 1. The Balaban J connectivity index is 2.36. The van der Waals surface area contributed by atoms with Crippen molar-refractivity contribution >= 4 is 29.2 Å². The van der Waals surface area contributed by atoms with Crippen molar-refractivity contribution in [3.05, 3.63) is 63.7 Å². The lowest BCUT2D eigenvalue weighted by Crippen LogP contribution is -2.16. The first-order valence-electron chi connectivity index (χ1n) is 6.30. The molecule has 0 fully saturated rings. The maximum Gasteiger partial charge on any atom is 0.337 e. The average molecular weight is 304 g/mol. The topological polar surface area (TPSA) is 66.4 Å². The highest BCUT2D eigenvalue weighted by atomic mass is 35.5. The molecule has 1 amide bonds. The van der Waals surface area contributed by atoms with Crippen molar-refractivity contribution in [2.75, 3.05) is 5.32 Å². The van der Waals surface area contributed by atoms with E-state index in [0.29, 0.717) is 21.8 Å². The van der Waals surface area contributed by atoms with Crippen molar-refractivity contribution in [2.45, 2.75) is 13.8 Å². The quantitative estimate of drug-likeness (QED) is 0.903. The molecule has 2 rings (SSSR count). The van der Waals surface area contributed by atoms with Crippen LogP contribution in [0.25, 0.3) is 0 Å². The smallest absolute Gasteiger partial charge is 0.337 e. The maximum absolute atomic E-state index is 12.2. The van der Waals surface area contributed by atoms with Crippen LogP contribution in [0.2, 0.25) is 5.02 Å². The van der Waals surface area contributed by atoms with E-state index in [-0.39, 0.29) is 5.56 Å². The number of hydrogen-bond donors (Lipinski definition) is 2. The summed E-state index contributed by atoms with van der Waals surface area (Å²) < 4.78 is 0. The molecule has 2 aromatic rings. The Kier molecular flexibility index (Phi) is 4.29. The minimum atomic E-state index is -1.09. The van der Waals surface area contributed by atoms with Crippen LogP contribution in [-0.2, 0) is 0 Å². The zero-order valence-corrected chi connectivity index (χ0v) is 12.4. The lowest BCUT2D eigenvalue weighted by atomic mass is 10.1. The van der Waals surface area contributed by atoms with Gasteiger partial charge < -0.3 is 10.4 Å². The number of carbonyl (C=O) groups is 2. The molecule has 0 aliphatic heterocycles. The summed E-state index contributed by atoms with van der Waals surface area (Å²) in [6.45, 7) is 3.58. The lowest BCUT2D eigenvalue weighted by Gasteiger charge is -2.12. The van der Waals surface area contributed by atoms with Crippen LogP contribution in [0.3, 0.4) is 0 Å². The molecule has 0 aliphatic rings. The largest absolute Gasteiger partial charge is 0.478 e. The highest BCUT2D eigenvalue weighted by Crippen LogP contribution is 2.23. The molecule has 4 nitrogen and oxygen atoms in total. The molecule has 0 heterocycles. The van der Waals surface area contributed by atoms with E-state index in [1.807, 2.05) is 6.92 Å². The molecule has 0 aliphatic carbocycles. The van der Waals surface area contributed by atoms with Crippen LogP contribution in [0.15, 0.2) is 36.4 Å². The van der Waals surface area contributed by atoms with Crippen LogP contribution in [0, 0.1) is 13.8 Å². The fourth-order valence-corrected chi connectivity index (χ4v) is 2.11. The fraction of sp³-hybridized carbons (Fsp3) is 0.125. The van der Waals surface area contributed by atoms with Crippen molar-refractivity contribution in [3.63, 3.8) is 0 Å². The zero-order valence-electron chi connectivity index (χ0n) is 11.6. The van der Waals surface area contributed by atoms with E-state index in [0.717, 1.165) is 5.56 Å². The number of carbonyl (C=O) groups excluding carboxylic acids is 1. The number of aryl methyl sites for hydroxylation is 2. The van der Waals surface area contributed by atoms with Gasteiger partial charge in [-0.2, -0.15) is 0 Å². The molecule has 0 spiro atoms. The monoisotopic (exact) mass is 303 g/mol. The molecule has 2 N–H and O–H groups in total. The van der Waals surface area contributed by atoms with E-state index in [2.05, 4.69) is 5.32 Å². The number of benzene rings is 2. The highest BCUT2D eigenvalue weighted by Gasteiger charge is 2.15. The summed E-state index contributed by atoms with van der Waals surface area (Å²) in [4.78, 5) is 23.5. The van der Waals surface area contributed by atoms with Gasteiger partial charge >= 0.3 is 5.97 Å². The van der Waals surface area contributed by atoms with Gasteiger partial charge in [0, 0.05) is 10.6 Å². The van der Waals surface area contributed by atoms with Gasteiger partial charge in [0.2, 0.25) is 0 Å². The van der Waals surface area contributed by atoms with E-state index < -0.39 is 11.9 Å². The normalized spacial score (nSPS) is 10.2. The Labute approximate surface area is 127 Å². The maximum atomic E-state index is 12.2. The number of rotatable bonds is 3. The van der Waals surface area contributed by atoms with E-state index in [1.165, 1.54) is 6.07 Å². The first-order chi connectivity index (χ1) is 9.90. The SMILES string of the molecule is Cc1ccc(C(=O)Nc2c(C)cccc2C(=O)O)cc1Cl. The summed E-state index contributed by atoms with van der Waals surface area (Å²) in [6.07, 6.45) is 0. The Morgan fingerprint density at radius 2 is 1.81 bits per heavy atom. The van der Waals surface area contributed by atoms with Gasteiger partial charge in [0.1, 0.15) is 0 Å². The number of nitrogens with one attached hydrogen (secondary N) is 1. The molecular formula is C16H14ClNO3. The van der Waals surface area contributed by atoms with E-state index in [4.69, 9.17) is 11.6 Å². The number of carboxylic acids is 1. The number of carboxylic acid groups (broad SMARTS) is 1. The summed E-state index contributed by atoms with van der Waals surface area (Å²) in [5, 5.41) is 12.3. The van der Waals surface area contributed by atoms with Crippen LogP contribution < -0.4 is 5.32 Å². The second kappa shape index (κ2) is 5.97. The molecule has 21 heavy (non-hydrogen) atoms. The second-order valence-electron chi connectivity index (χ2n) is 4.72. The number of para-hydroxylation sites is 1. The summed E-state index contributed by atoms with van der Waals surface area (Å²) >= 11 is 6.00. The van der Waals surface area contributed by atoms with Crippen LogP contribution >= 0.6 is 11.6 Å². The summed E-state index contributed by atoms with van der Waals surface area (Å²) in [5.41, 5.74) is 2.29. The summed E-state index contributed by atoms with van der Waals surface area (Å²) in [5.74, 6) is -1.48. The van der Waals surface area contributed by atoms with Crippen LogP contribution in [0.4, 0.5) is 5.69 Å². The molecule has 0 unspecified atom stereocenters. The van der Waals surface area contributed by atoms with Crippen LogP contribution in [-0.4, -0.2) is 17.0 Å². The van der Waals surface area contributed by atoms with Crippen LogP contribution in [0.1, 0.15) is 31.8 Å². The number of halogens is 1. The lowest BCUT2D eigenvalue weighted by molar-refractivity contribution is 0.0698. The van der Waals surface area contributed by atoms with Gasteiger partial charge in [0.15, 0.2) is 0 Å². The fourth-order valence-electron chi connectivity index (χ4n) is 1.93. The molecular weight excluding hydrogens is 290 g/mol. The van der Waals surface area contributed by atoms with Gasteiger partial charge in [-0.15, -0.1) is 0 Å². The van der Waals surface area contributed by atoms with Crippen molar-refractivity contribution < 1.29 is 14.7 Å². The second-order valence-corrected chi connectivity index (χ2v) is 5.13. The third-order valence-electron chi connectivity index (χ3n) is 3.18. The molecule has 5 heteroatoms. The number of aromatic carboxylic acids is 1. The first kappa shape index (κ1) is 15.1. The zero-order chi connectivity index (χ0) is 15.6.